The van der Waals surface area contributed by atoms with Crippen LogP contribution in [-0.4, -0.2) is 71.0 Å². The summed E-state index contributed by atoms with van der Waals surface area (Å²) < 4.78 is 26.1. The molecule has 7 heteroatoms. The molecular weight excluding hydrogens is 574 g/mol. The van der Waals surface area contributed by atoms with E-state index in [4.69, 9.17) is 36.1 Å². The largest absolute Gasteiger partial charge is 0.378 e. The maximum absolute atomic E-state index is 7.01. The molecule has 0 amide bonds. The summed E-state index contributed by atoms with van der Waals surface area (Å²) in [5.41, 5.74) is 19.4. The molecule has 7 nitrogen and oxygen atoms in total. The molecule has 0 aromatic carbocycles. The van der Waals surface area contributed by atoms with Crippen molar-refractivity contribution < 1.29 is 18.9 Å². The molecule has 0 spiro atoms. The minimum absolute atomic E-state index is 0.127. The Bertz CT molecular complexity index is 858. The normalized spacial score (nSPS) is 34.3. The zero-order chi connectivity index (χ0) is 33.6. The molecule has 3 aliphatic rings. The average Bonchev–Trinajstić information content (AvgIpc) is 3.40. The fourth-order valence-corrected chi connectivity index (χ4v) is 9.94. The molecule has 0 heterocycles. The van der Waals surface area contributed by atoms with Crippen LogP contribution in [0.5, 0.6) is 0 Å². The van der Waals surface area contributed by atoms with Crippen LogP contribution in [0.25, 0.3) is 0 Å². The van der Waals surface area contributed by atoms with E-state index < -0.39 is 0 Å². The monoisotopic (exact) mass is 650 g/mol. The maximum Gasteiger partial charge on any atom is 0.0649 e. The van der Waals surface area contributed by atoms with E-state index in [1.54, 1.807) is 0 Å². The summed E-state index contributed by atoms with van der Waals surface area (Å²) in [6, 6.07) is 0. The molecule has 3 aliphatic carbocycles. The average molecular weight is 650 g/mol. The van der Waals surface area contributed by atoms with Crippen molar-refractivity contribution in [1.82, 2.24) is 0 Å². The van der Waals surface area contributed by atoms with Gasteiger partial charge in [0.2, 0.25) is 0 Å². The Morgan fingerprint density at radius 3 is 2.11 bits per heavy atom. The molecule has 6 N–H and O–H groups in total. The second kappa shape index (κ2) is 20.2. The SMILES string of the molecule is CC[C@@H](OCCCN)C1[C@@H]2CC[C@H]([C@H](C)CCCOCC=C(C)C)[C@@]2(C)[C@@H](OCCCN)C[C@@H]1[C@]1(C)CC[C@H](OCCCN)CC1. The predicted molar refractivity (Wildman–Crippen MR) is 192 cm³/mol. The Morgan fingerprint density at radius 1 is 0.826 bits per heavy atom. The van der Waals surface area contributed by atoms with Crippen molar-refractivity contribution in [2.24, 2.45) is 57.6 Å². The van der Waals surface area contributed by atoms with E-state index in [0.717, 1.165) is 84.4 Å². The smallest absolute Gasteiger partial charge is 0.0649 e. The van der Waals surface area contributed by atoms with Crippen molar-refractivity contribution in [1.29, 1.82) is 0 Å². The lowest BCUT2D eigenvalue weighted by molar-refractivity contribution is -0.192. The van der Waals surface area contributed by atoms with Gasteiger partial charge in [0.05, 0.1) is 24.9 Å². The van der Waals surface area contributed by atoms with Gasteiger partial charge >= 0.3 is 0 Å². The van der Waals surface area contributed by atoms with Crippen LogP contribution in [0, 0.1) is 40.4 Å². The van der Waals surface area contributed by atoms with Crippen LogP contribution in [0.3, 0.4) is 0 Å². The first kappa shape index (κ1) is 39.9. The van der Waals surface area contributed by atoms with Gasteiger partial charge in [0.25, 0.3) is 0 Å². The molecule has 0 saturated heterocycles. The van der Waals surface area contributed by atoms with Crippen LogP contribution in [-0.2, 0) is 18.9 Å². The Morgan fingerprint density at radius 2 is 1.48 bits per heavy atom. The van der Waals surface area contributed by atoms with Crippen LogP contribution in [0.1, 0.15) is 125 Å². The van der Waals surface area contributed by atoms with Gasteiger partial charge in [0.1, 0.15) is 0 Å². The van der Waals surface area contributed by atoms with Crippen molar-refractivity contribution in [3.63, 3.8) is 0 Å². The van der Waals surface area contributed by atoms with E-state index in [9.17, 15) is 0 Å². The summed E-state index contributed by atoms with van der Waals surface area (Å²) in [5.74, 6) is 2.97. The third-order valence-corrected chi connectivity index (χ3v) is 12.6. The molecule has 8 atom stereocenters. The third-order valence-electron chi connectivity index (χ3n) is 12.6. The molecule has 0 aromatic rings. The number of hydrogen-bond acceptors (Lipinski definition) is 7. The first-order chi connectivity index (χ1) is 22.2. The van der Waals surface area contributed by atoms with Gasteiger partial charge in [0.15, 0.2) is 0 Å². The van der Waals surface area contributed by atoms with E-state index in [0.29, 0.717) is 55.3 Å². The first-order valence-corrected chi connectivity index (χ1v) is 19.3. The molecule has 0 aliphatic heterocycles. The highest BCUT2D eigenvalue weighted by atomic mass is 16.5. The number of fused-ring (bicyclic) bond motifs is 1. The number of ether oxygens (including phenoxy) is 4. The van der Waals surface area contributed by atoms with E-state index >= 15 is 0 Å². The van der Waals surface area contributed by atoms with E-state index in [1.807, 2.05) is 0 Å². The van der Waals surface area contributed by atoms with Gasteiger partial charge < -0.3 is 36.1 Å². The fraction of sp³-hybridized carbons (Fsp3) is 0.949. The van der Waals surface area contributed by atoms with Gasteiger partial charge in [-0.3, -0.25) is 0 Å². The zero-order valence-corrected chi connectivity index (χ0v) is 30.9. The van der Waals surface area contributed by atoms with Crippen LogP contribution in [0.2, 0.25) is 0 Å². The number of hydrogen-bond donors (Lipinski definition) is 3. The van der Waals surface area contributed by atoms with Gasteiger partial charge in [-0.1, -0.05) is 39.3 Å². The Labute approximate surface area is 283 Å². The molecule has 3 fully saturated rings. The second-order valence-electron chi connectivity index (χ2n) is 15.9. The minimum atomic E-state index is 0.127. The van der Waals surface area contributed by atoms with Gasteiger partial charge in [-0.25, -0.2) is 0 Å². The molecule has 0 bridgehead atoms. The lowest BCUT2D eigenvalue weighted by Gasteiger charge is -2.60. The minimum Gasteiger partial charge on any atom is -0.378 e. The van der Waals surface area contributed by atoms with Crippen LogP contribution in [0.4, 0.5) is 0 Å². The molecular formula is C39H75N3O4. The third kappa shape index (κ3) is 10.5. The van der Waals surface area contributed by atoms with Crippen molar-refractivity contribution >= 4 is 0 Å². The number of allylic oxidation sites excluding steroid dienone is 1. The van der Waals surface area contributed by atoms with Crippen LogP contribution < -0.4 is 17.2 Å². The molecule has 1 unspecified atom stereocenters. The highest BCUT2D eigenvalue weighted by Crippen LogP contribution is 2.66. The Kier molecular flexibility index (Phi) is 17.5. The fourth-order valence-electron chi connectivity index (χ4n) is 9.94. The first-order valence-electron chi connectivity index (χ1n) is 19.3. The summed E-state index contributed by atoms with van der Waals surface area (Å²) in [4.78, 5) is 0. The van der Waals surface area contributed by atoms with Crippen molar-refractivity contribution in [2.75, 3.05) is 52.7 Å². The van der Waals surface area contributed by atoms with Gasteiger partial charge in [-0.2, -0.15) is 0 Å². The van der Waals surface area contributed by atoms with E-state index in [2.05, 4.69) is 47.6 Å². The van der Waals surface area contributed by atoms with E-state index in [-0.39, 0.29) is 23.0 Å². The van der Waals surface area contributed by atoms with Crippen LogP contribution in [0.15, 0.2) is 11.6 Å². The summed E-state index contributed by atoms with van der Waals surface area (Å²) >= 11 is 0. The van der Waals surface area contributed by atoms with Crippen molar-refractivity contribution in [3.8, 4) is 0 Å². The van der Waals surface area contributed by atoms with Gasteiger partial charge in [0, 0.05) is 31.8 Å². The number of rotatable bonds is 22. The topological polar surface area (TPSA) is 115 Å². The highest BCUT2D eigenvalue weighted by molar-refractivity contribution is 5.12. The molecule has 0 aromatic heterocycles. The molecule has 0 radical (unpaired) electrons. The highest BCUT2D eigenvalue weighted by Gasteiger charge is 2.63. The molecule has 3 saturated carbocycles. The summed E-state index contributed by atoms with van der Waals surface area (Å²) in [6.45, 7) is 20.3. The zero-order valence-electron chi connectivity index (χ0n) is 30.9. The molecule has 270 valence electrons. The second-order valence-corrected chi connectivity index (χ2v) is 15.9. The maximum atomic E-state index is 7.01. The van der Waals surface area contributed by atoms with Gasteiger partial charge in [-0.15, -0.1) is 0 Å². The van der Waals surface area contributed by atoms with Crippen molar-refractivity contribution in [2.45, 2.75) is 143 Å². The Hall–Kier alpha value is -0.540. The molecule has 46 heavy (non-hydrogen) atoms. The van der Waals surface area contributed by atoms with Crippen molar-refractivity contribution in [3.05, 3.63) is 11.6 Å². The van der Waals surface area contributed by atoms with E-state index in [1.165, 1.54) is 37.7 Å². The predicted octanol–water partition coefficient (Wildman–Crippen LogP) is 7.25. The van der Waals surface area contributed by atoms with Gasteiger partial charge in [-0.05, 0) is 152 Å². The standard InChI is InChI=1S/C39H75N3O4/c1-7-35(45-25-10-21-41)37-33-14-13-32(30(4)12-8-23-43-27-17-29(2)3)39(33,6)36(46-26-11-22-42)28-34(37)38(5)18-15-31(16-19-38)44-24-9-20-40/h17,30-37H,7-16,18-28,40-42H2,1-6H3/t30-,31-,32-,33+,34+,35-,36+,37?,38+,39-/m1/s1. The Balaban J connectivity index is 1.87. The van der Waals surface area contributed by atoms with Crippen LogP contribution >= 0.6 is 0 Å². The summed E-state index contributed by atoms with van der Waals surface area (Å²) in [7, 11) is 0. The summed E-state index contributed by atoms with van der Waals surface area (Å²) in [6.07, 6.45) is 17.6. The summed E-state index contributed by atoms with van der Waals surface area (Å²) in [5, 5.41) is 0. The quantitative estimate of drug-likeness (QED) is 0.0836. The lowest BCUT2D eigenvalue weighted by Crippen LogP contribution is -2.59. The number of nitrogens with two attached hydrogens (primary N) is 3. The molecule has 3 rings (SSSR count). The lowest BCUT2D eigenvalue weighted by atomic mass is 9.48.